The Kier molecular flexibility index (Phi) is 6.35. The third-order valence-corrected chi connectivity index (χ3v) is 7.62. The summed E-state index contributed by atoms with van der Waals surface area (Å²) in [6, 6.07) is 3.51. The molecule has 31 heavy (non-hydrogen) atoms. The molecule has 2 heterocycles. The molecular formula is C23H31N3O4S. The van der Waals surface area contributed by atoms with Gasteiger partial charge in [-0.15, -0.1) is 0 Å². The predicted molar refractivity (Wildman–Crippen MR) is 122 cm³/mol. The van der Waals surface area contributed by atoms with Crippen LogP contribution >= 0.6 is 0 Å². The van der Waals surface area contributed by atoms with Gasteiger partial charge in [0.15, 0.2) is 0 Å². The summed E-state index contributed by atoms with van der Waals surface area (Å²) in [5.74, 6) is 0.573. The van der Waals surface area contributed by atoms with Gasteiger partial charge in [-0.3, -0.25) is 9.89 Å². The van der Waals surface area contributed by atoms with Crippen LogP contribution in [0.3, 0.4) is 0 Å². The Morgan fingerprint density at radius 3 is 2.65 bits per heavy atom. The monoisotopic (exact) mass is 445 g/mol. The molecule has 2 N–H and O–H groups in total. The van der Waals surface area contributed by atoms with E-state index in [2.05, 4.69) is 17.9 Å². The quantitative estimate of drug-likeness (QED) is 0.726. The molecule has 0 bridgehead atoms. The van der Waals surface area contributed by atoms with Crippen molar-refractivity contribution in [3.63, 3.8) is 0 Å². The van der Waals surface area contributed by atoms with Crippen molar-refractivity contribution in [2.45, 2.75) is 49.5 Å². The first-order chi connectivity index (χ1) is 14.8. The molecule has 0 atom stereocenters. The minimum atomic E-state index is -3.93. The van der Waals surface area contributed by atoms with Gasteiger partial charge in [-0.1, -0.05) is 13.0 Å². The fourth-order valence-corrected chi connectivity index (χ4v) is 5.34. The number of sulfonamides is 1. The van der Waals surface area contributed by atoms with Crippen molar-refractivity contribution in [2.75, 3.05) is 33.9 Å². The number of ether oxygens (including phenoxy) is 2. The molecule has 168 valence electrons. The molecule has 7 nitrogen and oxygen atoms in total. The largest absolute Gasteiger partial charge is 0.495 e. The van der Waals surface area contributed by atoms with Crippen molar-refractivity contribution in [1.29, 1.82) is 0 Å². The van der Waals surface area contributed by atoms with Gasteiger partial charge in [0.1, 0.15) is 10.6 Å². The Hall–Kier alpha value is -2.00. The van der Waals surface area contributed by atoms with Crippen LogP contribution in [-0.2, 0) is 14.8 Å². The normalized spacial score (nSPS) is 24.3. The first-order valence-electron chi connectivity index (χ1n) is 10.8. The Bertz CT molecular complexity index is 1050. The molecule has 8 heteroatoms. The lowest BCUT2D eigenvalue weighted by Crippen LogP contribution is -2.29. The molecule has 2 aliphatic heterocycles. The number of nitrogens with two attached hydrogens (primary N) is 1. The first kappa shape index (κ1) is 22.2. The zero-order valence-corrected chi connectivity index (χ0v) is 19.2. The highest BCUT2D eigenvalue weighted by molar-refractivity contribution is 7.89. The fraction of sp³-hybridized carbons (Fsp3) is 0.522. The second-order valence-corrected chi connectivity index (χ2v) is 9.97. The van der Waals surface area contributed by atoms with E-state index in [1.54, 1.807) is 13.2 Å². The third kappa shape index (κ3) is 4.48. The molecule has 1 aromatic carbocycles. The predicted octanol–water partition coefficient (Wildman–Crippen LogP) is 3.07. The van der Waals surface area contributed by atoms with Gasteiger partial charge in [-0.05, 0) is 59.7 Å². The maximum absolute atomic E-state index is 12.3. The third-order valence-electron chi connectivity index (χ3n) is 6.69. The van der Waals surface area contributed by atoms with Crippen LogP contribution in [0.1, 0.15) is 49.7 Å². The number of hydrogen-bond donors (Lipinski definition) is 1. The summed E-state index contributed by atoms with van der Waals surface area (Å²) < 4.78 is 35.4. The summed E-state index contributed by atoms with van der Waals surface area (Å²) in [5.41, 5.74) is 5.35. The van der Waals surface area contributed by atoms with E-state index in [-0.39, 0.29) is 22.7 Å². The van der Waals surface area contributed by atoms with E-state index in [4.69, 9.17) is 19.6 Å². The minimum Gasteiger partial charge on any atom is -0.495 e. The zero-order chi connectivity index (χ0) is 22.2. The summed E-state index contributed by atoms with van der Waals surface area (Å²) in [4.78, 5) is 7.18. The number of benzene rings is 1. The topological polar surface area (TPSA) is 94.2 Å². The molecule has 0 amide bonds. The van der Waals surface area contributed by atoms with E-state index in [0.29, 0.717) is 0 Å². The molecule has 1 aliphatic carbocycles. The zero-order valence-electron chi connectivity index (χ0n) is 18.4. The standard InChI is InChI=1S/C23H31N3O4S/c1-4-26-7-5-15-9-17(14-25-21(15)6-8-26)20-13-23(31(24,27)28)22(30-3)12-19(20)16-10-18(11-16)29-2/h5,12-14,16,18H,4,6-11H2,1-3H3,(H2,24,27,28)/t16-,18-. The SMILES string of the molecule is CCN1CC=C2CC(c3cc(S(N)(=O)=O)c(OC)cc3[C@H]3C[C@H](OC)C3)=CN=C2CC1. The number of aliphatic imine (C=N–C) groups is 1. The number of hydrogen-bond acceptors (Lipinski definition) is 6. The van der Waals surface area contributed by atoms with Gasteiger partial charge in [-0.25, -0.2) is 13.6 Å². The number of fused-ring (bicyclic) bond motifs is 1. The molecule has 0 spiro atoms. The van der Waals surface area contributed by atoms with Gasteiger partial charge in [0.05, 0.1) is 13.2 Å². The average molecular weight is 446 g/mol. The maximum atomic E-state index is 12.3. The van der Waals surface area contributed by atoms with Crippen LogP contribution in [0.25, 0.3) is 5.57 Å². The highest BCUT2D eigenvalue weighted by atomic mass is 32.2. The molecule has 0 saturated heterocycles. The highest BCUT2D eigenvalue weighted by Crippen LogP contribution is 2.45. The number of methoxy groups -OCH3 is 2. The summed E-state index contributed by atoms with van der Waals surface area (Å²) >= 11 is 0. The highest BCUT2D eigenvalue weighted by Gasteiger charge is 2.34. The van der Waals surface area contributed by atoms with Gasteiger partial charge < -0.3 is 9.47 Å². The van der Waals surface area contributed by atoms with Crippen LogP contribution in [-0.4, -0.2) is 59.0 Å². The number of primary sulfonamides is 1. The van der Waals surface area contributed by atoms with Crippen LogP contribution in [0.2, 0.25) is 0 Å². The van der Waals surface area contributed by atoms with Crippen LogP contribution in [0.4, 0.5) is 0 Å². The van der Waals surface area contributed by atoms with Crippen LogP contribution in [0.15, 0.2) is 39.9 Å². The molecule has 1 aromatic rings. The van der Waals surface area contributed by atoms with Crippen molar-refractivity contribution in [3.05, 3.63) is 41.1 Å². The fourth-order valence-electron chi connectivity index (χ4n) is 4.64. The van der Waals surface area contributed by atoms with Crippen molar-refractivity contribution in [2.24, 2.45) is 10.1 Å². The number of likely N-dealkylation sites (N-methyl/N-ethyl adjacent to an activating group) is 1. The lowest BCUT2D eigenvalue weighted by molar-refractivity contribution is 0.0256. The average Bonchev–Trinajstić information content (AvgIpc) is 2.93. The van der Waals surface area contributed by atoms with Crippen molar-refractivity contribution >= 4 is 21.3 Å². The van der Waals surface area contributed by atoms with Crippen LogP contribution < -0.4 is 9.88 Å². The molecule has 4 rings (SSSR count). The molecule has 0 aromatic heterocycles. The van der Waals surface area contributed by atoms with Crippen molar-refractivity contribution in [3.8, 4) is 5.75 Å². The van der Waals surface area contributed by atoms with E-state index in [1.807, 2.05) is 12.3 Å². The molecular weight excluding hydrogens is 414 g/mol. The first-order valence-corrected chi connectivity index (χ1v) is 12.3. The molecule has 1 saturated carbocycles. The minimum absolute atomic E-state index is 0.0130. The Balaban J connectivity index is 1.77. The van der Waals surface area contributed by atoms with E-state index < -0.39 is 10.0 Å². The maximum Gasteiger partial charge on any atom is 0.241 e. The lowest BCUT2D eigenvalue weighted by Gasteiger charge is -2.36. The van der Waals surface area contributed by atoms with E-state index >= 15 is 0 Å². The van der Waals surface area contributed by atoms with Crippen molar-refractivity contribution in [1.82, 2.24) is 4.90 Å². The van der Waals surface area contributed by atoms with Crippen molar-refractivity contribution < 1.29 is 17.9 Å². The van der Waals surface area contributed by atoms with Gasteiger partial charge >= 0.3 is 0 Å². The second-order valence-electron chi connectivity index (χ2n) is 8.44. The Morgan fingerprint density at radius 2 is 2.00 bits per heavy atom. The van der Waals surface area contributed by atoms with E-state index in [1.165, 1.54) is 12.7 Å². The summed E-state index contributed by atoms with van der Waals surface area (Å²) in [7, 11) is -0.730. The van der Waals surface area contributed by atoms with Gasteiger partial charge in [-0.2, -0.15) is 0 Å². The van der Waals surface area contributed by atoms with Crippen LogP contribution in [0, 0.1) is 0 Å². The summed E-state index contributed by atoms with van der Waals surface area (Å²) in [6.07, 6.45) is 7.86. The lowest BCUT2D eigenvalue weighted by atomic mass is 9.74. The van der Waals surface area contributed by atoms with Gasteiger partial charge in [0.25, 0.3) is 0 Å². The molecule has 0 unspecified atom stereocenters. The number of nitrogens with zero attached hydrogens (tertiary/aromatic N) is 2. The second kappa shape index (κ2) is 8.86. The van der Waals surface area contributed by atoms with Gasteiger partial charge in [0.2, 0.25) is 10.0 Å². The van der Waals surface area contributed by atoms with Gasteiger partial charge in [0, 0.05) is 45.0 Å². The molecule has 1 fully saturated rings. The Labute approximate surface area is 184 Å². The summed E-state index contributed by atoms with van der Waals surface area (Å²) in [6.45, 7) is 5.10. The van der Waals surface area contributed by atoms with E-state index in [9.17, 15) is 8.42 Å². The number of allylic oxidation sites excluding steroid dienone is 2. The molecule has 3 aliphatic rings. The summed E-state index contributed by atoms with van der Waals surface area (Å²) in [5, 5.41) is 5.51. The smallest absolute Gasteiger partial charge is 0.241 e. The van der Waals surface area contributed by atoms with Crippen LogP contribution in [0.5, 0.6) is 5.75 Å². The van der Waals surface area contributed by atoms with E-state index in [0.717, 1.165) is 67.7 Å². The number of rotatable bonds is 6. The molecule has 0 radical (unpaired) electrons. The Morgan fingerprint density at radius 1 is 1.23 bits per heavy atom.